The van der Waals surface area contributed by atoms with Crippen LogP contribution in [0.25, 0.3) is 16.0 Å². The number of amides is 1. The number of methoxy groups -OCH3 is 1. The average molecular weight is 416 g/mol. The van der Waals surface area contributed by atoms with Crippen molar-refractivity contribution in [1.82, 2.24) is 19.2 Å². The van der Waals surface area contributed by atoms with Crippen molar-refractivity contribution in [2.75, 3.05) is 18.2 Å². The first kappa shape index (κ1) is 18.5. The van der Waals surface area contributed by atoms with Gasteiger partial charge >= 0.3 is 0 Å². The van der Waals surface area contributed by atoms with Crippen LogP contribution in [-0.2, 0) is 11.3 Å². The number of carbonyl (C=O) groups excluding carboxylic acids is 1. The van der Waals surface area contributed by atoms with E-state index >= 15 is 0 Å². The van der Waals surface area contributed by atoms with Crippen LogP contribution in [0.4, 0.5) is 5.69 Å². The summed E-state index contributed by atoms with van der Waals surface area (Å²) < 4.78 is 9.32. The van der Waals surface area contributed by atoms with E-state index in [0.29, 0.717) is 33.6 Å². The summed E-state index contributed by atoms with van der Waals surface area (Å²) >= 11 is 2.65. The van der Waals surface area contributed by atoms with Crippen LogP contribution in [0.5, 0.6) is 5.75 Å². The van der Waals surface area contributed by atoms with E-state index in [0.717, 1.165) is 5.52 Å². The molecule has 0 fully saturated rings. The summed E-state index contributed by atoms with van der Waals surface area (Å²) in [5.74, 6) is 1.04. The molecule has 4 rings (SSSR count). The predicted octanol–water partition coefficient (Wildman–Crippen LogP) is 2.87. The smallest absolute Gasteiger partial charge is 0.272 e. The molecular weight excluding hydrogens is 398 g/mol. The van der Waals surface area contributed by atoms with Crippen molar-refractivity contribution in [3.8, 4) is 5.75 Å². The number of rotatable bonds is 6. The summed E-state index contributed by atoms with van der Waals surface area (Å²) in [5.41, 5.74) is 1.30. The lowest BCUT2D eigenvalue weighted by molar-refractivity contribution is -0.113. The van der Waals surface area contributed by atoms with Gasteiger partial charge in [-0.25, -0.2) is 0 Å². The van der Waals surface area contributed by atoms with Crippen molar-refractivity contribution in [3.63, 3.8) is 0 Å². The number of anilines is 1. The Morgan fingerprint density at radius 1 is 1.29 bits per heavy atom. The highest BCUT2D eigenvalue weighted by molar-refractivity contribution is 7.99. The Bertz CT molecular complexity index is 1230. The number of thioether (sulfide) groups is 1. The molecule has 144 valence electrons. The first-order chi connectivity index (χ1) is 13.6. The number of thiophene rings is 1. The van der Waals surface area contributed by atoms with Gasteiger partial charge in [0, 0.05) is 6.54 Å². The lowest BCUT2D eigenvalue weighted by Crippen LogP contribution is -2.21. The second-order valence-corrected chi connectivity index (χ2v) is 7.70. The highest BCUT2D eigenvalue weighted by atomic mass is 32.2. The van der Waals surface area contributed by atoms with Crippen molar-refractivity contribution in [3.05, 3.63) is 46.1 Å². The maximum Gasteiger partial charge on any atom is 0.272 e. The number of aryl methyl sites for hydroxylation is 1. The van der Waals surface area contributed by atoms with Crippen molar-refractivity contribution in [2.45, 2.75) is 18.6 Å². The van der Waals surface area contributed by atoms with Crippen LogP contribution in [0.2, 0.25) is 0 Å². The Balaban J connectivity index is 1.61. The number of ether oxygens (including phenoxy) is 1. The normalized spacial score (nSPS) is 11.2. The highest BCUT2D eigenvalue weighted by Gasteiger charge is 2.18. The Hall–Kier alpha value is -2.85. The van der Waals surface area contributed by atoms with Gasteiger partial charge in [-0.3, -0.25) is 18.6 Å². The Kier molecular flexibility index (Phi) is 5.05. The van der Waals surface area contributed by atoms with E-state index in [1.807, 2.05) is 34.9 Å². The molecule has 3 aromatic heterocycles. The molecule has 0 aliphatic rings. The third-order valence-corrected chi connectivity index (χ3v) is 6.03. The molecule has 0 saturated heterocycles. The molecule has 0 radical (unpaired) electrons. The van der Waals surface area contributed by atoms with Gasteiger partial charge in [-0.05, 0) is 30.5 Å². The topological polar surface area (TPSA) is 90.5 Å². The molecule has 0 aliphatic heterocycles. The van der Waals surface area contributed by atoms with Gasteiger partial charge in [-0.15, -0.1) is 21.5 Å². The molecule has 0 aliphatic carbocycles. The van der Waals surface area contributed by atoms with E-state index < -0.39 is 0 Å². The summed E-state index contributed by atoms with van der Waals surface area (Å²) in [7, 11) is 1.56. The van der Waals surface area contributed by atoms with E-state index in [-0.39, 0.29) is 17.2 Å². The molecule has 8 nitrogen and oxygen atoms in total. The molecule has 3 heterocycles. The van der Waals surface area contributed by atoms with Crippen LogP contribution in [0.15, 0.2) is 45.7 Å². The number of aromatic nitrogens is 4. The van der Waals surface area contributed by atoms with Crippen LogP contribution >= 0.6 is 23.1 Å². The molecule has 0 bridgehead atoms. The first-order valence-corrected chi connectivity index (χ1v) is 10.4. The van der Waals surface area contributed by atoms with Crippen molar-refractivity contribution >= 4 is 50.7 Å². The zero-order valence-corrected chi connectivity index (χ0v) is 16.8. The third kappa shape index (κ3) is 3.14. The van der Waals surface area contributed by atoms with Crippen molar-refractivity contribution in [1.29, 1.82) is 0 Å². The van der Waals surface area contributed by atoms with Gasteiger partial charge in [-0.1, -0.05) is 23.9 Å². The van der Waals surface area contributed by atoms with Gasteiger partial charge in [-0.2, -0.15) is 0 Å². The molecule has 0 spiro atoms. The lowest BCUT2D eigenvalue weighted by Gasteiger charge is -2.09. The molecule has 28 heavy (non-hydrogen) atoms. The molecule has 1 amide bonds. The molecule has 4 aromatic rings. The number of carbonyl (C=O) groups is 1. The molecule has 10 heteroatoms. The monoisotopic (exact) mass is 415 g/mol. The van der Waals surface area contributed by atoms with Crippen molar-refractivity contribution < 1.29 is 9.53 Å². The van der Waals surface area contributed by atoms with Crippen LogP contribution in [0.3, 0.4) is 0 Å². The number of para-hydroxylation sites is 2. The number of nitrogens with one attached hydrogen (secondary N) is 1. The van der Waals surface area contributed by atoms with Crippen LogP contribution in [0.1, 0.15) is 6.92 Å². The zero-order chi connectivity index (χ0) is 19.7. The molecule has 1 aromatic carbocycles. The summed E-state index contributed by atoms with van der Waals surface area (Å²) in [5, 5.41) is 13.7. The number of hydrogen-bond donors (Lipinski definition) is 1. The van der Waals surface area contributed by atoms with E-state index in [2.05, 4.69) is 15.5 Å². The minimum absolute atomic E-state index is 0.0714. The summed E-state index contributed by atoms with van der Waals surface area (Å²) in [6.07, 6.45) is 0. The number of hydrogen-bond acceptors (Lipinski definition) is 7. The lowest BCUT2D eigenvalue weighted by atomic mass is 10.3. The molecule has 0 atom stereocenters. The third-order valence-electron chi connectivity index (χ3n) is 4.21. The fourth-order valence-electron chi connectivity index (χ4n) is 2.94. The zero-order valence-electron chi connectivity index (χ0n) is 15.2. The fraction of sp³-hybridized carbons (Fsp3) is 0.222. The van der Waals surface area contributed by atoms with E-state index in [9.17, 15) is 9.59 Å². The van der Waals surface area contributed by atoms with Crippen LogP contribution in [0, 0.1) is 0 Å². The van der Waals surface area contributed by atoms with E-state index in [1.54, 1.807) is 23.8 Å². The summed E-state index contributed by atoms with van der Waals surface area (Å²) in [6.45, 7) is 2.39. The van der Waals surface area contributed by atoms with Gasteiger partial charge in [0.25, 0.3) is 5.56 Å². The number of benzene rings is 1. The Labute approximate surface area is 168 Å². The second kappa shape index (κ2) is 7.64. The first-order valence-electron chi connectivity index (χ1n) is 8.54. The largest absolute Gasteiger partial charge is 0.495 e. The van der Waals surface area contributed by atoms with Crippen LogP contribution in [-0.4, -0.2) is 37.9 Å². The van der Waals surface area contributed by atoms with Gasteiger partial charge in [0.15, 0.2) is 5.16 Å². The minimum Gasteiger partial charge on any atom is -0.495 e. The van der Waals surface area contributed by atoms with E-state index in [4.69, 9.17) is 4.74 Å². The number of nitrogens with zero attached hydrogens (tertiary/aromatic N) is 4. The van der Waals surface area contributed by atoms with Gasteiger partial charge in [0.1, 0.15) is 10.4 Å². The predicted molar refractivity (Wildman–Crippen MR) is 111 cm³/mol. The van der Waals surface area contributed by atoms with Crippen molar-refractivity contribution in [2.24, 2.45) is 0 Å². The molecule has 0 saturated carbocycles. The van der Waals surface area contributed by atoms with Gasteiger partial charge in [0.2, 0.25) is 11.7 Å². The fourth-order valence-corrected chi connectivity index (χ4v) is 4.51. The molecule has 1 N–H and O–H groups in total. The minimum atomic E-state index is -0.184. The average Bonchev–Trinajstić information content (AvgIpc) is 3.34. The molecule has 0 unspecified atom stereocenters. The van der Waals surface area contributed by atoms with E-state index in [1.165, 1.54) is 23.1 Å². The SMILES string of the molecule is CCn1c(=O)c2sccc2n2c(SCC(=O)Nc3ccccc3OC)nnc12. The maximum atomic E-state index is 12.6. The van der Waals surface area contributed by atoms with Crippen LogP contribution < -0.4 is 15.6 Å². The highest BCUT2D eigenvalue weighted by Crippen LogP contribution is 2.26. The summed E-state index contributed by atoms with van der Waals surface area (Å²) in [4.78, 5) is 25.0. The maximum absolute atomic E-state index is 12.6. The Morgan fingerprint density at radius 2 is 2.11 bits per heavy atom. The summed E-state index contributed by atoms with van der Waals surface area (Å²) in [6, 6.07) is 9.10. The van der Waals surface area contributed by atoms with Gasteiger partial charge < -0.3 is 10.1 Å². The Morgan fingerprint density at radius 3 is 2.89 bits per heavy atom. The molecular formula is C18H17N5O3S2. The second-order valence-electron chi connectivity index (χ2n) is 5.84. The quantitative estimate of drug-likeness (QED) is 0.487. The number of fused-ring (bicyclic) bond motifs is 3. The standard InChI is InChI=1S/C18H17N5O3S2/c1-3-22-16(25)15-12(8-9-27-15)23-17(22)20-21-18(23)28-10-14(24)19-11-6-4-5-7-13(11)26-2/h4-9H,3,10H2,1-2H3,(H,19,24). The van der Waals surface area contributed by atoms with Gasteiger partial charge in [0.05, 0.1) is 24.1 Å².